The Balaban J connectivity index is 1.39. The summed E-state index contributed by atoms with van der Waals surface area (Å²) in [7, 11) is -3.77. The van der Waals surface area contributed by atoms with Crippen LogP contribution in [-0.2, 0) is 24.3 Å². The first-order valence-electron chi connectivity index (χ1n) is 10.5. The zero-order valence-electron chi connectivity index (χ0n) is 18.1. The third-order valence-electron chi connectivity index (χ3n) is 5.22. The van der Waals surface area contributed by atoms with Crippen molar-refractivity contribution in [2.75, 3.05) is 31.3 Å². The van der Waals surface area contributed by atoms with Gasteiger partial charge in [0.1, 0.15) is 5.70 Å². The number of hydrogen-bond donors (Lipinski definition) is 3. The van der Waals surface area contributed by atoms with Crippen molar-refractivity contribution in [3.05, 3.63) is 71.9 Å². The van der Waals surface area contributed by atoms with Gasteiger partial charge in [0.15, 0.2) is 0 Å². The van der Waals surface area contributed by atoms with Crippen molar-refractivity contribution in [3.63, 3.8) is 0 Å². The molecule has 0 radical (unpaired) electrons. The zero-order chi connectivity index (χ0) is 24.1. The Morgan fingerprint density at radius 3 is 2.38 bits per heavy atom. The van der Waals surface area contributed by atoms with E-state index in [1.54, 1.807) is 30.3 Å². The maximum absolute atomic E-state index is 12.8. The third-order valence-corrected chi connectivity index (χ3v) is 7.11. The van der Waals surface area contributed by atoms with Crippen molar-refractivity contribution in [1.82, 2.24) is 20.6 Å². The molecule has 3 N–H and O–H groups in total. The molecule has 1 fully saturated rings. The number of ether oxygens (including phenoxy) is 1. The Morgan fingerprint density at radius 1 is 0.941 bits per heavy atom. The standard InChI is InChI=1S/C22H23N5O6S/c28-20-10-9-19(25-27(20)17-6-2-1-3-7-17)22(30)24-23-21(29)16-5-4-8-18(15-16)34(31,32)26-11-13-33-14-12-26/h1-9,15,25H,10-14H2,(H,23,29)(H,24,30). The molecule has 2 aliphatic heterocycles. The molecule has 2 aromatic rings. The van der Waals surface area contributed by atoms with E-state index in [0.29, 0.717) is 18.9 Å². The van der Waals surface area contributed by atoms with E-state index >= 15 is 0 Å². The molecule has 0 atom stereocenters. The lowest BCUT2D eigenvalue weighted by atomic mass is 10.2. The highest BCUT2D eigenvalue weighted by Gasteiger charge is 2.27. The van der Waals surface area contributed by atoms with Crippen LogP contribution in [0.15, 0.2) is 71.3 Å². The van der Waals surface area contributed by atoms with Crippen LogP contribution in [0.5, 0.6) is 0 Å². The first kappa shape index (κ1) is 23.4. The predicted octanol–water partition coefficient (Wildman–Crippen LogP) is 0.294. The van der Waals surface area contributed by atoms with E-state index in [2.05, 4.69) is 16.3 Å². The third kappa shape index (κ3) is 5.09. The highest BCUT2D eigenvalue weighted by molar-refractivity contribution is 7.89. The summed E-state index contributed by atoms with van der Waals surface area (Å²) < 4.78 is 32.2. The van der Waals surface area contributed by atoms with E-state index in [9.17, 15) is 22.8 Å². The largest absolute Gasteiger partial charge is 0.379 e. The molecule has 0 bridgehead atoms. The number of amides is 3. The summed E-state index contributed by atoms with van der Waals surface area (Å²) in [4.78, 5) is 37.3. The SMILES string of the molecule is O=C(NNC(=O)c1cccc(S(=O)(=O)N2CCOCC2)c1)C1=CCC(=O)N(c2ccccc2)N1. The number of carbonyl (C=O) groups is 3. The number of rotatable bonds is 5. The van der Waals surface area contributed by atoms with Crippen LogP contribution < -0.4 is 21.3 Å². The fraction of sp³-hybridized carbons (Fsp3) is 0.227. The van der Waals surface area contributed by atoms with Gasteiger partial charge in [0.2, 0.25) is 15.9 Å². The van der Waals surface area contributed by atoms with Gasteiger partial charge in [-0.15, -0.1) is 0 Å². The number of para-hydroxylation sites is 1. The van der Waals surface area contributed by atoms with Crippen LogP contribution in [0.2, 0.25) is 0 Å². The topological polar surface area (TPSA) is 137 Å². The van der Waals surface area contributed by atoms with E-state index in [0.717, 1.165) is 0 Å². The van der Waals surface area contributed by atoms with E-state index in [-0.39, 0.29) is 41.6 Å². The fourth-order valence-corrected chi connectivity index (χ4v) is 4.88. The van der Waals surface area contributed by atoms with Crippen LogP contribution in [0, 0.1) is 0 Å². The van der Waals surface area contributed by atoms with Gasteiger partial charge in [-0.25, -0.2) is 13.4 Å². The average Bonchev–Trinajstić information content (AvgIpc) is 2.88. The Hall–Kier alpha value is -3.74. The summed E-state index contributed by atoms with van der Waals surface area (Å²) in [6.45, 7) is 1.09. The number of hydrazine groups is 2. The molecule has 0 unspecified atom stereocenters. The highest BCUT2D eigenvalue weighted by atomic mass is 32.2. The molecule has 0 saturated carbocycles. The Morgan fingerprint density at radius 2 is 1.65 bits per heavy atom. The molecule has 3 amide bonds. The molecular formula is C22H23N5O6S. The number of carbonyl (C=O) groups excluding carboxylic acids is 3. The smallest absolute Gasteiger partial charge is 0.287 e. The van der Waals surface area contributed by atoms with Crippen molar-refractivity contribution in [3.8, 4) is 0 Å². The maximum Gasteiger partial charge on any atom is 0.287 e. The van der Waals surface area contributed by atoms with E-state index in [1.807, 2.05) is 0 Å². The van der Waals surface area contributed by atoms with Crippen molar-refractivity contribution in [2.24, 2.45) is 0 Å². The van der Waals surface area contributed by atoms with Crippen LogP contribution in [0.4, 0.5) is 5.69 Å². The first-order valence-corrected chi connectivity index (χ1v) is 11.9. The Bertz CT molecular complexity index is 1230. The van der Waals surface area contributed by atoms with Crippen molar-refractivity contribution in [2.45, 2.75) is 11.3 Å². The molecule has 0 spiro atoms. The van der Waals surface area contributed by atoms with Gasteiger partial charge in [0.05, 0.1) is 23.8 Å². The lowest BCUT2D eigenvalue weighted by molar-refractivity contribution is -0.120. The van der Waals surface area contributed by atoms with Gasteiger partial charge in [-0.3, -0.25) is 30.7 Å². The first-order chi connectivity index (χ1) is 16.4. The monoisotopic (exact) mass is 485 g/mol. The minimum Gasteiger partial charge on any atom is -0.379 e. The molecule has 11 nitrogen and oxygen atoms in total. The normalized spacial score (nSPS) is 16.9. The number of sulfonamides is 1. The number of hydrogen-bond acceptors (Lipinski definition) is 7. The number of benzene rings is 2. The summed E-state index contributed by atoms with van der Waals surface area (Å²) in [6, 6.07) is 14.3. The van der Waals surface area contributed by atoms with Gasteiger partial charge in [-0.1, -0.05) is 24.3 Å². The second-order valence-corrected chi connectivity index (χ2v) is 9.39. The van der Waals surface area contributed by atoms with Crippen LogP contribution in [-0.4, -0.2) is 56.7 Å². The van der Waals surface area contributed by atoms with E-state index in [1.165, 1.54) is 39.7 Å². The number of nitrogens with one attached hydrogen (secondary N) is 3. The Labute approximate surface area is 196 Å². The molecule has 0 aliphatic carbocycles. The maximum atomic E-state index is 12.8. The number of nitrogens with zero attached hydrogens (tertiary/aromatic N) is 2. The van der Waals surface area contributed by atoms with Crippen LogP contribution in [0.3, 0.4) is 0 Å². The molecule has 2 heterocycles. The Kier molecular flexibility index (Phi) is 6.91. The summed E-state index contributed by atoms with van der Waals surface area (Å²) in [6.07, 6.45) is 1.42. The van der Waals surface area contributed by atoms with Crippen LogP contribution in [0.1, 0.15) is 16.8 Å². The van der Waals surface area contributed by atoms with Crippen LogP contribution >= 0.6 is 0 Å². The van der Waals surface area contributed by atoms with Gasteiger partial charge in [-0.2, -0.15) is 4.31 Å². The molecule has 4 rings (SSSR count). The van der Waals surface area contributed by atoms with Gasteiger partial charge in [-0.05, 0) is 36.4 Å². The molecule has 1 saturated heterocycles. The second kappa shape index (κ2) is 10.0. The molecule has 34 heavy (non-hydrogen) atoms. The van der Waals surface area contributed by atoms with Crippen molar-refractivity contribution in [1.29, 1.82) is 0 Å². The van der Waals surface area contributed by atoms with Gasteiger partial charge >= 0.3 is 0 Å². The molecule has 2 aliphatic rings. The van der Waals surface area contributed by atoms with Crippen LogP contribution in [0.25, 0.3) is 0 Å². The highest BCUT2D eigenvalue weighted by Crippen LogP contribution is 2.19. The van der Waals surface area contributed by atoms with Crippen molar-refractivity contribution >= 4 is 33.4 Å². The predicted molar refractivity (Wildman–Crippen MR) is 121 cm³/mol. The van der Waals surface area contributed by atoms with Gasteiger partial charge < -0.3 is 4.74 Å². The lowest BCUT2D eigenvalue weighted by Crippen LogP contribution is -2.51. The van der Waals surface area contributed by atoms with E-state index < -0.39 is 21.8 Å². The number of anilines is 1. The minimum atomic E-state index is -3.77. The summed E-state index contributed by atoms with van der Waals surface area (Å²) >= 11 is 0. The summed E-state index contributed by atoms with van der Waals surface area (Å²) in [5.41, 5.74) is 7.98. The lowest BCUT2D eigenvalue weighted by Gasteiger charge is -2.28. The van der Waals surface area contributed by atoms with Gasteiger partial charge in [0, 0.05) is 25.1 Å². The van der Waals surface area contributed by atoms with E-state index in [4.69, 9.17) is 4.74 Å². The number of morpholine rings is 1. The zero-order valence-corrected chi connectivity index (χ0v) is 18.9. The molecule has 12 heteroatoms. The molecule has 2 aromatic carbocycles. The van der Waals surface area contributed by atoms with Gasteiger partial charge in [0.25, 0.3) is 11.8 Å². The molecular weight excluding hydrogens is 462 g/mol. The summed E-state index contributed by atoms with van der Waals surface area (Å²) in [5, 5.41) is 1.25. The van der Waals surface area contributed by atoms with Crippen molar-refractivity contribution < 1.29 is 27.5 Å². The fourth-order valence-electron chi connectivity index (χ4n) is 3.43. The summed E-state index contributed by atoms with van der Waals surface area (Å²) in [5.74, 6) is -1.61. The average molecular weight is 486 g/mol. The quantitative estimate of drug-likeness (QED) is 0.518. The molecule has 0 aromatic heterocycles. The minimum absolute atomic E-state index is 0.0000385. The molecule has 178 valence electrons. The second-order valence-electron chi connectivity index (χ2n) is 7.45.